The minimum Gasteiger partial charge on any atom is -0.390 e. The van der Waals surface area contributed by atoms with E-state index in [1.54, 1.807) is 0 Å². The van der Waals surface area contributed by atoms with Crippen LogP contribution in [-0.2, 0) is 4.74 Å². The highest BCUT2D eigenvalue weighted by atomic mass is 16.5. The molecule has 2 saturated carbocycles. The quantitative estimate of drug-likeness (QED) is 0.773. The molecule has 0 bridgehead atoms. The van der Waals surface area contributed by atoms with Crippen molar-refractivity contribution in [2.24, 2.45) is 5.92 Å². The van der Waals surface area contributed by atoms with E-state index >= 15 is 0 Å². The van der Waals surface area contributed by atoms with Gasteiger partial charge in [0, 0.05) is 6.61 Å². The van der Waals surface area contributed by atoms with Crippen molar-refractivity contribution >= 4 is 0 Å². The Labute approximate surface area is 131 Å². The van der Waals surface area contributed by atoms with Gasteiger partial charge in [-0.3, -0.25) is 0 Å². The molecular formula is C19H36O2. The predicted molar refractivity (Wildman–Crippen MR) is 88.5 cm³/mol. The van der Waals surface area contributed by atoms with E-state index in [1.165, 1.54) is 83.5 Å². The SMILES string of the molecule is OC1CCCCCCCCCCC1OCC1CCCCC1. The second-order valence-corrected chi connectivity index (χ2v) is 7.35. The normalized spacial score (nSPS) is 31.3. The summed E-state index contributed by atoms with van der Waals surface area (Å²) in [6.45, 7) is 0.891. The summed E-state index contributed by atoms with van der Waals surface area (Å²) in [6.07, 6.45) is 19.2. The van der Waals surface area contributed by atoms with Crippen molar-refractivity contribution in [2.75, 3.05) is 6.61 Å². The third-order valence-electron chi connectivity index (χ3n) is 5.44. The van der Waals surface area contributed by atoms with Gasteiger partial charge in [0.25, 0.3) is 0 Å². The topological polar surface area (TPSA) is 29.5 Å². The number of rotatable bonds is 3. The summed E-state index contributed by atoms with van der Waals surface area (Å²) in [5.41, 5.74) is 0. The Balaban J connectivity index is 1.74. The molecule has 0 radical (unpaired) electrons. The lowest BCUT2D eigenvalue weighted by Crippen LogP contribution is -2.31. The van der Waals surface area contributed by atoms with Crippen molar-refractivity contribution in [3.05, 3.63) is 0 Å². The fourth-order valence-electron chi connectivity index (χ4n) is 3.95. The lowest BCUT2D eigenvalue weighted by Gasteiger charge is -2.28. The fraction of sp³-hybridized carbons (Fsp3) is 1.00. The largest absolute Gasteiger partial charge is 0.390 e. The van der Waals surface area contributed by atoms with Crippen LogP contribution < -0.4 is 0 Å². The molecule has 124 valence electrons. The molecule has 2 atom stereocenters. The minimum absolute atomic E-state index is 0.103. The highest BCUT2D eigenvalue weighted by Crippen LogP contribution is 2.26. The van der Waals surface area contributed by atoms with E-state index in [0.717, 1.165) is 25.4 Å². The average Bonchev–Trinajstić information content (AvgIpc) is 2.51. The molecule has 0 aromatic carbocycles. The van der Waals surface area contributed by atoms with Gasteiger partial charge in [-0.15, -0.1) is 0 Å². The summed E-state index contributed by atoms with van der Waals surface area (Å²) in [7, 11) is 0. The first kappa shape index (κ1) is 17.3. The van der Waals surface area contributed by atoms with Crippen molar-refractivity contribution in [1.29, 1.82) is 0 Å². The van der Waals surface area contributed by atoms with E-state index in [0.29, 0.717) is 0 Å². The summed E-state index contributed by atoms with van der Waals surface area (Å²) >= 11 is 0. The zero-order valence-corrected chi connectivity index (χ0v) is 13.9. The van der Waals surface area contributed by atoms with E-state index in [2.05, 4.69) is 0 Å². The van der Waals surface area contributed by atoms with Crippen LogP contribution >= 0.6 is 0 Å². The standard InChI is InChI=1S/C19H36O2/c20-18-14-10-5-3-1-2-4-6-11-15-19(18)21-16-17-12-8-7-9-13-17/h17-20H,1-16H2. The molecule has 2 aliphatic carbocycles. The molecule has 21 heavy (non-hydrogen) atoms. The van der Waals surface area contributed by atoms with Crippen molar-refractivity contribution in [1.82, 2.24) is 0 Å². The lowest BCUT2D eigenvalue weighted by molar-refractivity contribution is -0.0610. The van der Waals surface area contributed by atoms with E-state index in [9.17, 15) is 5.11 Å². The highest BCUT2D eigenvalue weighted by molar-refractivity contribution is 4.72. The van der Waals surface area contributed by atoms with Crippen LogP contribution in [-0.4, -0.2) is 23.9 Å². The first-order chi connectivity index (χ1) is 10.4. The van der Waals surface area contributed by atoms with Gasteiger partial charge in [-0.25, -0.2) is 0 Å². The van der Waals surface area contributed by atoms with Crippen molar-refractivity contribution in [3.8, 4) is 0 Å². The van der Waals surface area contributed by atoms with Gasteiger partial charge in [0.2, 0.25) is 0 Å². The molecule has 2 heteroatoms. The summed E-state index contributed by atoms with van der Waals surface area (Å²) in [5, 5.41) is 10.5. The number of hydrogen-bond donors (Lipinski definition) is 1. The number of ether oxygens (including phenoxy) is 1. The van der Waals surface area contributed by atoms with Gasteiger partial charge in [-0.05, 0) is 31.6 Å². The van der Waals surface area contributed by atoms with Crippen molar-refractivity contribution in [2.45, 2.75) is 109 Å². The van der Waals surface area contributed by atoms with Crippen molar-refractivity contribution in [3.63, 3.8) is 0 Å². The van der Waals surface area contributed by atoms with Crippen LogP contribution in [0, 0.1) is 5.92 Å². The molecule has 2 rings (SSSR count). The molecule has 2 nitrogen and oxygen atoms in total. The monoisotopic (exact) mass is 296 g/mol. The zero-order valence-electron chi connectivity index (χ0n) is 13.9. The van der Waals surface area contributed by atoms with E-state index in [1.807, 2.05) is 0 Å². The smallest absolute Gasteiger partial charge is 0.0834 e. The van der Waals surface area contributed by atoms with Crippen LogP contribution in [0.25, 0.3) is 0 Å². The number of aliphatic hydroxyl groups excluding tert-OH is 1. The number of hydrogen-bond acceptors (Lipinski definition) is 2. The molecule has 2 aliphatic rings. The third-order valence-corrected chi connectivity index (χ3v) is 5.44. The molecule has 0 amide bonds. The van der Waals surface area contributed by atoms with Gasteiger partial charge >= 0.3 is 0 Å². The minimum atomic E-state index is -0.229. The summed E-state index contributed by atoms with van der Waals surface area (Å²) in [4.78, 5) is 0. The predicted octanol–water partition coefficient (Wildman–Crippen LogP) is 5.23. The van der Waals surface area contributed by atoms with Gasteiger partial charge in [-0.1, -0.05) is 70.6 Å². The Morgan fingerprint density at radius 1 is 0.619 bits per heavy atom. The molecule has 0 saturated heterocycles. The van der Waals surface area contributed by atoms with Gasteiger partial charge in [0.05, 0.1) is 12.2 Å². The Morgan fingerprint density at radius 2 is 1.10 bits per heavy atom. The van der Waals surface area contributed by atoms with E-state index in [4.69, 9.17) is 4.74 Å². The van der Waals surface area contributed by atoms with Gasteiger partial charge in [0.1, 0.15) is 0 Å². The Kier molecular flexibility index (Phi) is 8.73. The average molecular weight is 296 g/mol. The van der Waals surface area contributed by atoms with Gasteiger partial charge in [-0.2, -0.15) is 0 Å². The van der Waals surface area contributed by atoms with Crippen LogP contribution in [0.1, 0.15) is 96.3 Å². The molecule has 1 N–H and O–H groups in total. The lowest BCUT2D eigenvalue weighted by atomic mass is 9.90. The molecule has 0 spiro atoms. The molecule has 2 unspecified atom stereocenters. The van der Waals surface area contributed by atoms with E-state index < -0.39 is 0 Å². The van der Waals surface area contributed by atoms with Crippen LogP contribution in [0.5, 0.6) is 0 Å². The second-order valence-electron chi connectivity index (χ2n) is 7.35. The molecular weight excluding hydrogens is 260 g/mol. The summed E-state index contributed by atoms with van der Waals surface area (Å²) in [6, 6.07) is 0. The maximum Gasteiger partial charge on any atom is 0.0834 e. The van der Waals surface area contributed by atoms with Crippen LogP contribution in [0.2, 0.25) is 0 Å². The molecule has 0 heterocycles. The fourth-order valence-corrected chi connectivity index (χ4v) is 3.95. The first-order valence-corrected chi connectivity index (χ1v) is 9.66. The van der Waals surface area contributed by atoms with Gasteiger partial charge in [0.15, 0.2) is 0 Å². The Bertz CT molecular complexity index is 248. The number of aliphatic hydroxyl groups is 1. The maximum absolute atomic E-state index is 10.5. The first-order valence-electron chi connectivity index (χ1n) is 9.66. The zero-order chi connectivity index (χ0) is 14.8. The molecule has 0 aromatic rings. The molecule has 2 fully saturated rings. The van der Waals surface area contributed by atoms with E-state index in [-0.39, 0.29) is 12.2 Å². The van der Waals surface area contributed by atoms with Crippen LogP contribution in [0.3, 0.4) is 0 Å². The van der Waals surface area contributed by atoms with Crippen LogP contribution in [0.15, 0.2) is 0 Å². The second kappa shape index (κ2) is 10.6. The molecule has 0 aliphatic heterocycles. The summed E-state index contributed by atoms with van der Waals surface area (Å²) in [5.74, 6) is 0.757. The van der Waals surface area contributed by atoms with Gasteiger partial charge < -0.3 is 9.84 Å². The molecule has 0 aromatic heterocycles. The third kappa shape index (κ3) is 7.15. The maximum atomic E-state index is 10.5. The Morgan fingerprint density at radius 3 is 1.76 bits per heavy atom. The van der Waals surface area contributed by atoms with Crippen LogP contribution in [0.4, 0.5) is 0 Å². The summed E-state index contributed by atoms with van der Waals surface area (Å²) < 4.78 is 6.19. The van der Waals surface area contributed by atoms with Crippen molar-refractivity contribution < 1.29 is 9.84 Å². The Hall–Kier alpha value is -0.0800. The highest BCUT2D eigenvalue weighted by Gasteiger charge is 2.22.